The van der Waals surface area contributed by atoms with Crippen LogP contribution in [0.3, 0.4) is 0 Å². The van der Waals surface area contributed by atoms with Gasteiger partial charge >= 0.3 is 0 Å². The van der Waals surface area contributed by atoms with Gasteiger partial charge in [0.15, 0.2) is 0 Å². The predicted molar refractivity (Wildman–Crippen MR) is 74.7 cm³/mol. The van der Waals surface area contributed by atoms with Crippen LogP contribution in [0.1, 0.15) is 29.7 Å². The minimum Gasteiger partial charge on any atom is -0.348 e. The summed E-state index contributed by atoms with van der Waals surface area (Å²) in [6.45, 7) is 6.37. The summed E-state index contributed by atoms with van der Waals surface area (Å²) in [5.74, 6) is -0.0305. The fraction of sp³-hybridized carbons (Fsp3) is 0.333. The van der Waals surface area contributed by atoms with Gasteiger partial charge in [0.05, 0.1) is 6.04 Å². The van der Waals surface area contributed by atoms with E-state index in [1.165, 1.54) is 11.1 Å². The molecule has 1 amide bonds. The van der Waals surface area contributed by atoms with E-state index in [2.05, 4.69) is 42.5 Å². The Balaban J connectivity index is 2.02. The van der Waals surface area contributed by atoms with E-state index in [4.69, 9.17) is 0 Å². The van der Waals surface area contributed by atoms with Crippen LogP contribution < -0.4 is 5.32 Å². The lowest BCUT2D eigenvalue weighted by atomic mass is 10.00. The Morgan fingerprint density at radius 1 is 1.42 bits per heavy atom. The molecule has 1 unspecified atom stereocenters. The molecule has 0 aliphatic rings. The molecule has 19 heavy (non-hydrogen) atoms. The molecule has 1 aromatic carbocycles. The van der Waals surface area contributed by atoms with E-state index in [0.29, 0.717) is 0 Å². The Kier molecular flexibility index (Phi) is 4.00. The minimum absolute atomic E-state index is 0.00274. The highest BCUT2D eigenvalue weighted by atomic mass is 16.2. The highest BCUT2D eigenvalue weighted by Crippen LogP contribution is 2.18. The van der Waals surface area contributed by atoms with Crippen molar-refractivity contribution in [1.29, 1.82) is 0 Å². The molecule has 0 saturated carbocycles. The second-order valence-electron chi connectivity index (χ2n) is 4.85. The maximum absolute atomic E-state index is 11.9. The van der Waals surface area contributed by atoms with Crippen LogP contribution >= 0.6 is 0 Å². The lowest BCUT2D eigenvalue weighted by molar-refractivity contribution is -0.122. The molecule has 0 fully saturated rings. The first-order valence-electron chi connectivity index (χ1n) is 6.40. The average Bonchev–Trinajstić information content (AvgIpc) is 2.84. The fourth-order valence-electron chi connectivity index (χ4n) is 2.13. The first kappa shape index (κ1) is 13.3. The van der Waals surface area contributed by atoms with Crippen LogP contribution in [-0.2, 0) is 11.3 Å². The number of benzene rings is 1. The van der Waals surface area contributed by atoms with Crippen LogP contribution in [0.4, 0.5) is 0 Å². The molecule has 1 atom stereocenters. The summed E-state index contributed by atoms with van der Waals surface area (Å²) in [5.41, 5.74) is 3.56. The van der Waals surface area contributed by atoms with Gasteiger partial charge in [-0.05, 0) is 38.0 Å². The van der Waals surface area contributed by atoms with Gasteiger partial charge < -0.3 is 5.32 Å². The van der Waals surface area contributed by atoms with Crippen LogP contribution in [0.5, 0.6) is 0 Å². The molecule has 0 aliphatic carbocycles. The minimum atomic E-state index is -0.0305. The SMILES string of the molecule is Cc1ccc(C)c(C(C)NC(=O)Cn2cccn2)c1. The lowest BCUT2D eigenvalue weighted by Gasteiger charge is -2.17. The van der Waals surface area contributed by atoms with Crippen LogP contribution in [0.2, 0.25) is 0 Å². The molecule has 4 heteroatoms. The number of amides is 1. The number of hydrogen-bond acceptors (Lipinski definition) is 2. The molecule has 2 rings (SSSR count). The van der Waals surface area contributed by atoms with E-state index in [-0.39, 0.29) is 18.5 Å². The van der Waals surface area contributed by atoms with Crippen LogP contribution in [0, 0.1) is 13.8 Å². The van der Waals surface area contributed by atoms with Crippen molar-refractivity contribution in [2.75, 3.05) is 0 Å². The number of aryl methyl sites for hydroxylation is 2. The van der Waals surface area contributed by atoms with Gasteiger partial charge in [0.2, 0.25) is 5.91 Å². The highest BCUT2D eigenvalue weighted by Gasteiger charge is 2.12. The molecule has 4 nitrogen and oxygen atoms in total. The normalized spacial score (nSPS) is 12.2. The molecule has 1 N–H and O–H groups in total. The molecule has 0 aliphatic heterocycles. The van der Waals surface area contributed by atoms with Gasteiger partial charge in [-0.2, -0.15) is 5.10 Å². The number of hydrogen-bond donors (Lipinski definition) is 1. The van der Waals surface area contributed by atoms with Crippen molar-refractivity contribution < 1.29 is 4.79 Å². The van der Waals surface area contributed by atoms with Gasteiger partial charge in [-0.1, -0.05) is 23.8 Å². The summed E-state index contributed by atoms with van der Waals surface area (Å²) in [4.78, 5) is 11.9. The number of carbonyl (C=O) groups excluding carboxylic acids is 1. The zero-order valence-electron chi connectivity index (χ0n) is 11.6. The standard InChI is InChI=1S/C15H19N3O/c1-11-5-6-12(2)14(9-11)13(3)17-15(19)10-18-8-4-7-16-18/h4-9,13H,10H2,1-3H3,(H,17,19). The Bertz CT molecular complexity index is 561. The van der Waals surface area contributed by atoms with Gasteiger partial charge in [0.1, 0.15) is 6.54 Å². The molecule has 0 radical (unpaired) electrons. The van der Waals surface area contributed by atoms with Gasteiger partial charge in [-0.25, -0.2) is 0 Å². The number of rotatable bonds is 4. The number of nitrogens with zero attached hydrogens (tertiary/aromatic N) is 2. The zero-order valence-corrected chi connectivity index (χ0v) is 11.6. The van der Waals surface area contributed by atoms with Crippen molar-refractivity contribution in [3.63, 3.8) is 0 Å². The van der Waals surface area contributed by atoms with Crippen molar-refractivity contribution in [2.24, 2.45) is 0 Å². The molecule has 0 saturated heterocycles. The Morgan fingerprint density at radius 3 is 2.89 bits per heavy atom. The van der Waals surface area contributed by atoms with E-state index in [1.807, 2.05) is 6.92 Å². The topological polar surface area (TPSA) is 46.9 Å². The van der Waals surface area contributed by atoms with Gasteiger partial charge in [-0.15, -0.1) is 0 Å². The van der Waals surface area contributed by atoms with Crippen LogP contribution in [-0.4, -0.2) is 15.7 Å². The number of nitrogens with one attached hydrogen (secondary N) is 1. The zero-order chi connectivity index (χ0) is 13.8. The smallest absolute Gasteiger partial charge is 0.242 e. The van der Waals surface area contributed by atoms with E-state index >= 15 is 0 Å². The molecular formula is C15H19N3O. The van der Waals surface area contributed by atoms with Gasteiger partial charge in [-0.3, -0.25) is 9.48 Å². The Morgan fingerprint density at radius 2 is 2.21 bits per heavy atom. The fourth-order valence-corrected chi connectivity index (χ4v) is 2.13. The molecule has 1 aromatic heterocycles. The molecule has 0 spiro atoms. The van der Waals surface area contributed by atoms with E-state index < -0.39 is 0 Å². The molecule has 1 heterocycles. The van der Waals surface area contributed by atoms with Crippen molar-refractivity contribution in [1.82, 2.24) is 15.1 Å². The van der Waals surface area contributed by atoms with Gasteiger partial charge in [0.25, 0.3) is 0 Å². The van der Waals surface area contributed by atoms with E-state index in [0.717, 1.165) is 5.56 Å². The molecular weight excluding hydrogens is 238 g/mol. The largest absolute Gasteiger partial charge is 0.348 e. The summed E-state index contributed by atoms with van der Waals surface area (Å²) in [5, 5.41) is 7.03. The second kappa shape index (κ2) is 5.69. The summed E-state index contributed by atoms with van der Waals surface area (Å²) >= 11 is 0. The number of aromatic nitrogens is 2. The summed E-state index contributed by atoms with van der Waals surface area (Å²) in [6.07, 6.45) is 3.45. The second-order valence-corrected chi connectivity index (χ2v) is 4.85. The average molecular weight is 257 g/mol. The maximum Gasteiger partial charge on any atom is 0.242 e. The maximum atomic E-state index is 11.9. The molecule has 100 valence electrons. The summed E-state index contributed by atoms with van der Waals surface area (Å²) in [7, 11) is 0. The Labute approximate surface area is 113 Å². The first-order chi connectivity index (χ1) is 9.06. The van der Waals surface area contributed by atoms with Crippen molar-refractivity contribution in [2.45, 2.75) is 33.4 Å². The summed E-state index contributed by atoms with van der Waals surface area (Å²) in [6, 6.07) is 8.09. The van der Waals surface area contributed by atoms with E-state index in [1.54, 1.807) is 23.1 Å². The van der Waals surface area contributed by atoms with Gasteiger partial charge in [0, 0.05) is 12.4 Å². The van der Waals surface area contributed by atoms with E-state index in [9.17, 15) is 4.79 Å². The predicted octanol–water partition coefficient (Wildman–Crippen LogP) is 2.38. The number of carbonyl (C=O) groups is 1. The quantitative estimate of drug-likeness (QED) is 0.914. The molecule has 2 aromatic rings. The first-order valence-corrected chi connectivity index (χ1v) is 6.40. The van der Waals surface area contributed by atoms with Crippen molar-refractivity contribution in [3.05, 3.63) is 53.3 Å². The summed E-state index contributed by atoms with van der Waals surface area (Å²) < 4.78 is 1.62. The van der Waals surface area contributed by atoms with Crippen molar-refractivity contribution in [3.8, 4) is 0 Å². The Hall–Kier alpha value is -2.10. The van der Waals surface area contributed by atoms with Crippen LogP contribution in [0.25, 0.3) is 0 Å². The third kappa shape index (κ3) is 3.44. The third-order valence-electron chi connectivity index (χ3n) is 3.14. The molecule has 0 bridgehead atoms. The highest BCUT2D eigenvalue weighted by molar-refractivity contribution is 5.76. The monoisotopic (exact) mass is 257 g/mol. The van der Waals surface area contributed by atoms with Crippen molar-refractivity contribution >= 4 is 5.91 Å². The lowest BCUT2D eigenvalue weighted by Crippen LogP contribution is -2.30. The third-order valence-corrected chi connectivity index (χ3v) is 3.14. The van der Waals surface area contributed by atoms with Crippen LogP contribution in [0.15, 0.2) is 36.7 Å².